The minimum atomic E-state index is -1.14. The van der Waals surface area contributed by atoms with E-state index in [1.807, 2.05) is 0 Å². The first-order valence-electron chi connectivity index (χ1n) is 8.08. The van der Waals surface area contributed by atoms with Crippen molar-refractivity contribution < 1.29 is 24.4 Å². The van der Waals surface area contributed by atoms with E-state index in [9.17, 15) is 24.8 Å². The fourth-order valence-electron chi connectivity index (χ4n) is 3.14. The Kier molecular flexibility index (Phi) is 5.91. The van der Waals surface area contributed by atoms with E-state index in [2.05, 4.69) is 5.32 Å². The van der Waals surface area contributed by atoms with Crippen LogP contribution in [-0.4, -0.2) is 29.0 Å². The topological polar surface area (TPSA) is 119 Å². The number of hydrogen-bond donors (Lipinski definition) is 2. The van der Waals surface area contributed by atoms with Crippen LogP contribution in [0.5, 0.6) is 0 Å². The molecule has 0 aliphatic carbocycles. The predicted octanol–water partition coefficient (Wildman–Crippen LogP) is 3.62. The van der Waals surface area contributed by atoms with E-state index >= 15 is 0 Å². The van der Waals surface area contributed by atoms with Gasteiger partial charge in [-0.25, -0.2) is 4.79 Å². The maximum absolute atomic E-state index is 12.8. The number of carboxylic acid groups (broad SMARTS) is 1. The first kappa shape index (κ1) is 20.1. The summed E-state index contributed by atoms with van der Waals surface area (Å²) >= 11 is 0. The van der Waals surface area contributed by atoms with Gasteiger partial charge < -0.3 is 15.2 Å². The molecule has 0 heterocycles. The molecule has 8 nitrogen and oxygen atoms in total. The van der Waals surface area contributed by atoms with Crippen molar-refractivity contribution in [1.29, 1.82) is 0 Å². The van der Waals surface area contributed by atoms with E-state index in [-0.39, 0.29) is 34.7 Å². The average Bonchev–Trinajstić information content (AvgIpc) is 2.53. The lowest BCUT2D eigenvalue weighted by molar-refractivity contribution is -0.386. The fourth-order valence-corrected chi connectivity index (χ4v) is 3.14. The summed E-state index contributed by atoms with van der Waals surface area (Å²) in [6.07, 6.45) is 0. The van der Waals surface area contributed by atoms with Crippen molar-refractivity contribution in [1.82, 2.24) is 0 Å². The van der Waals surface area contributed by atoms with Crippen LogP contribution in [0, 0.1) is 30.9 Å². The fraction of sp³-hybridized carbons (Fsp3) is 0.263. The monoisotopic (exact) mass is 372 g/mol. The van der Waals surface area contributed by atoms with E-state index in [0.29, 0.717) is 16.7 Å². The van der Waals surface area contributed by atoms with Crippen molar-refractivity contribution >= 4 is 23.3 Å². The highest BCUT2D eigenvalue weighted by Gasteiger charge is 2.24. The van der Waals surface area contributed by atoms with Crippen molar-refractivity contribution in [3.63, 3.8) is 0 Å². The lowest BCUT2D eigenvalue weighted by Crippen LogP contribution is -2.17. The highest BCUT2D eigenvalue weighted by atomic mass is 16.6. The summed E-state index contributed by atoms with van der Waals surface area (Å²) in [5.41, 5.74) is 2.28. The maximum atomic E-state index is 12.8. The number of carbonyl (C=O) groups is 2. The summed E-state index contributed by atoms with van der Waals surface area (Å²) in [7, 11) is 1.48. The molecular formula is C19H20N2O6. The first-order chi connectivity index (χ1) is 12.6. The number of nitrogens with one attached hydrogen (secondary N) is 1. The molecule has 0 radical (unpaired) electrons. The second kappa shape index (κ2) is 7.96. The Hall–Kier alpha value is -3.26. The van der Waals surface area contributed by atoms with Gasteiger partial charge in [-0.05, 0) is 56.2 Å². The third kappa shape index (κ3) is 4.29. The number of hydrogen-bond acceptors (Lipinski definition) is 5. The van der Waals surface area contributed by atoms with Gasteiger partial charge in [-0.15, -0.1) is 0 Å². The molecule has 0 unspecified atom stereocenters. The van der Waals surface area contributed by atoms with Crippen LogP contribution in [0.25, 0.3) is 0 Å². The zero-order valence-electron chi connectivity index (χ0n) is 15.5. The van der Waals surface area contributed by atoms with Crippen molar-refractivity contribution in [3.05, 3.63) is 67.8 Å². The van der Waals surface area contributed by atoms with Gasteiger partial charge in [0, 0.05) is 23.9 Å². The molecule has 1 amide bonds. The zero-order valence-corrected chi connectivity index (χ0v) is 15.5. The summed E-state index contributed by atoms with van der Waals surface area (Å²) in [6.45, 7) is 5.02. The Morgan fingerprint density at radius 3 is 2.37 bits per heavy atom. The number of rotatable bonds is 6. The van der Waals surface area contributed by atoms with Gasteiger partial charge >= 0.3 is 5.97 Å². The molecule has 2 rings (SSSR count). The Morgan fingerprint density at radius 2 is 1.81 bits per heavy atom. The van der Waals surface area contributed by atoms with Crippen LogP contribution in [0.4, 0.5) is 11.4 Å². The minimum Gasteiger partial charge on any atom is -0.478 e. The number of benzene rings is 2. The number of nitro groups is 1. The van der Waals surface area contributed by atoms with Gasteiger partial charge in [0.2, 0.25) is 0 Å². The number of methoxy groups -OCH3 is 1. The van der Waals surface area contributed by atoms with Gasteiger partial charge in [-0.2, -0.15) is 0 Å². The van der Waals surface area contributed by atoms with Gasteiger partial charge in [0.05, 0.1) is 22.7 Å². The van der Waals surface area contributed by atoms with Gasteiger partial charge in [-0.1, -0.05) is 0 Å². The smallest absolute Gasteiger partial charge is 0.335 e. The Balaban J connectivity index is 2.48. The van der Waals surface area contributed by atoms with Gasteiger partial charge in [0.15, 0.2) is 0 Å². The summed E-state index contributed by atoms with van der Waals surface area (Å²) in [6, 6.07) is 5.96. The molecule has 2 aromatic rings. The summed E-state index contributed by atoms with van der Waals surface area (Å²) < 4.78 is 5.02. The van der Waals surface area contributed by atoms with Crippen LogP contribution in [-0.2, 0) is 11.3 Å². The minimum absolute atomic E-state index is 0.00294. The number of ether oxygens (including phenoxy) is 1. The number of carboxylic acids is 1. The largest absolute Gasteiger partial charge is 0.478 e. The summed E-state index contributed by atoms with van der Waals surface area (Å²) in [4.78, 5) is 34.9. The summed E-state index contributed by atoms with van der Waals surface area (Å²) in [5.74, 6) is -1.68. The number of anilines is 1. The number of nitro benzene ring substituents is 1. The van der Waals surface area contributed by atoms with Crippen LogP contribution in [0.2, 0.25) is 0 Å². The lowest BCUT2D eigenvalue weighted by atomic mass is 9.96. The standard InChI is InChI=1S/C19H20N2O6/c1-10-5-11(2)17(21(25)26)12(3)16(10)18(22)20-15-7-13(9-27-4)6-14(8-15)19(23)24/h5-8H,9H2,1-4H3,(H,20,22)(H,23,24). The Morgan fingerprint density at radius 1 is 1.15 bits per heavy atom. The van der Waals surface area contributed by atoms with Crippen molar-refractivity contribution in [2.24, 2.45) is 0 Å². The maximum Gasteiger partial charge on any atom is 0.335 e. The number of aromatic carboxylic acids is 1. The van der Waals surface area contributed by atoms with E-state index in [4.69, 9.17) is 4.74 Å². The molecule has 0 saturated carbocycles. The summed E-state index contributed by atoms with van der Waals surface area (Å²) in [5, 5.41) is 23.2. The molecule has 0 aliphatic heterocycles. The van der Waals surface area contributed by atoms with E-state index in [0.717, 1.165) is 0 Å². The van der Waals surface area contributed by atoms with Crippen LogP contribution < -0.4 is 5.32 Å². The average molecular weight is 372 g/mol. The third-order valence-electron chi connectivity index (χ3n) is 4.15. The molecule has 0 spiro atoms. The molecule has 0 atom stereocenters. The van der Waals surface area contributed by atoms with Gasteiger partial charge in [0.25, 0.3) is 11.6 Å². The third-order valence-corrected chi connectivity index (χ3v) is 4.15. The molecule has 2 aromatic carbocycles. The molecule has 142 valence electrons. The number of aryl methyl sites for hydroxylation is 2. The Labute approximate surface area is 155 Å². The second-order valence-corrected chi connectivity index (χ2v) is 6.23. The number of carbonyl (C=O) groups excluding carboxylic acids is 1. The molecule has 0 fully saturated rings. The van der Waals surface area contributed by atoms with Crippen LogP contribution in [0.3, 0.4) is 0 Å². The zero-order chi connectivity index (χ0) is 20.3. The molecule has 8 heteroatoms. The second-order valence-electron chi connectivity index (χ2n) is 6.23. The molecule has 0 saturated heterocycles. The quantitative estimate of drug-likeness (QED) is 0.590. The van der Waals surface area contributed by atoms with E-state index in [1.54, 1.807) is 26.0 Å². The van der Waals surface area contributed by atoms with Crippen molar-refractivity contribution in [3.8, 4) is 0 Å². The van der Waals surface area contributed by atoms with Crippen LogP contribution in [0.1, 0.15) is 43.0 Å². The highest BCUT2D eigenvalue weighted by molar-refractivity contribution is 6.07. The van der Waals surface area contributed by atoms with E-state index < -0.39 is 16.8 Å². The first-order valence-corrected chi connectivity index (χ1v) is 8.08. The van der Waals surface area contributed by atoms with Gasteiger partial charge in [0.1, 0.15) is 0 Å². The molecular weight excluding hydrogens is 352 g/mol. The SMILES string of the molecule is COCc1cc(NC(=O)c2c(C)cc(C)c([N+](=O)[O-])c2C)cc(C(=O)O)c1. The molecule has 2 N–H and O–H groups in total. The molecule has 0 bridgehead atoms. The highest BCUT2D eigenvalue weighted by Crippen LogP contribution is 2.29. The van der Waals surface area contributed by atoms with Crippen LogP contribution in [0.15, 0.2) is 24.3 Å². The van der Waals surface area contributed by atoms with Crippen molar-refractivity contribution in [2.75, 3.05) is 12.4 Å². The van der Waals surface area contributed by atoms with Crippen LogP contribution >= 0.6 is 0 Å². The molecule has 0 aromatic heterocycles. The van der Waals surface area contributed by atoms with Crippen molar-refractivity contribution in [2.45, 2.75) is 27.4 Å². The molecule has 0 aliphatic rings. The normalized spacial score (nSPS) is 10.5. The number of nitrogens with zero attached hydrogens (tertiary/aromatic N) is 1. The number of amides is 1. The molecule has 27 heavy (non-hydrogen) atoms. The van der Waals surface area contributed by atoms with E-state index in [1.165, 1.54) is 26.2 Å². The Bertz CT molecular complexity index is 936. The predicted molar refractivity (Wildman–Crippen MR) is 99.4 cm³/mol. The lowest BCUT2D eigenvalue weighted by Gasteiger charge is -2.14. The van der Waals surface area contributed by atoms with Gasteiger partial charge in [-0.3, -0.25) is 14.9 Å².